The van der Waals surface area contributed by atoms with E-state index in [4.69, 9.17) is 5.10 Å². The van der Waals surface area contributed by atoms with E-state index in [-0.39, 0.29) is 11.5 Å². The van der Waals surface area contributed by atoms with Gasteiger partial charge in [0.1, 0.15) is 5.65 Å². The van der Waals surface area contributed by atoms with Crippen molar-refractivity contribution in [2.75, 3.05) is 13.1 Å². The molecule has 1 fully saturated rings. The quantitative estimate of drug-likeness (QED) is 0.701. The molecule has 146 valence electrons. The number of carbonyl (C=O) groups excluding carboxylic acids is 1. The van der Waals surface area contributed by atoms with Gasteiger partial charge >= 0.3 is 0 Å². The van der Waals surface area contributed by atoms with Crippen LogP contribution in [0.3, 0.4) is 0 Å². The first-order chi connectivity index (χ1) is 13.5. The van der Waals surface area contributed by atoms with Crippen molar-refractivity contribution in [1.82, 2.24) is 19.2 Å². The molecule has 0 unspecified atom stereocenters. The maximum atomic E-state index is 13.1. The Hall–Kier alpha value is -2.89. The minimum Gasteiger partial charge on any atom is -0.343 e. The van der Waals surface area contributed by atoms with E-state index in [1.165, 1.54) is 0 Å². The van der Waals surface area contributed by atoms with Crippen molar-refractivity contribution in [3.8, 4) is 5.69 Å². The zero-order valence-electron chi connectivity index (χ0n) is 16.7. The summed E-state index contributed by atoms with van der Waals surface area (Å²) in [4.78, 5) is 27.5. The summed E-state index contributed by atoms with van der Waals surface area (Å²) in [5, 5.41) is 5.70. The van der Waals surface area contributed by atoms with Crippen LogP contribution in [0.4, 0.5) is 0 Å². The van der Waals surface area contributed by atoms with E-state index in [2.05, 4.69) is 0 Å². The second-order valence-electron chi connectivity index (χ2n) is 7.59. The van der Waals surface area contributed by atoms with Crippen molar-refractivity contribution in [2.24, 2.45) is 7.05 Å². The number of amides is 1. The molecule has 4 rings (SSSR count). The van der Waals surface area contributed by atoms with Gasteiger partial charge in [0.25, 0.3) is 5.56 Å². The highest BCUT2D eigenvalue weighted by Gasteiger charge is 2.22. The highest BCUT2D eigenvalue weighted by molar-refractivity contribution is 5.85. The Labute approximate surface area is 164 Å². The molecule has 0 bridgehead atoms. The Balaban J connectivity index is 1.76. The molecule has 3 aromatic rings. The molecule has 6 heteroatoms. The molecule has 0 saturated carbocycles. The number of pyridine rings is 1. The summed E-state index contributed by atoms with van der Waals surface area (Å²) >= 11 is 0. The second-order valence-corrected chi connectivity index (χ2v) is 7.59. The number of hydrogen-bond acceptors (Lipinski definition) is 3. The van der Waals surface area contributed by atoms with Crippen molar-refractivity contribution in [2.45, 2.75) is 39.5 Å². The van der Waals surface area contributed by atoms with E-state index < -0.39 is 0 Å². The lowest BCUT2D eigenvalue weighted by Crippen LogP contribution is -2.29. The summed E-state index contributed by atoms with van der Waals surface area (Å²) in [5.74, 6) is 0.149. The third-order valence-corrected chi connectivity index (χ3v) is 5.79. The number of nitrogens with zero attached hydrogens (tertiary/aromatic N) is 4. The predicted molar refractivity (Wildman–Crippen MR) is 110 cm³/mol. The molecule has 1 saturated heterocycles. The maximum Gasteiger partial charge on any atom is 0.255 e. The number of likely N-dealkylation sites (tertiary alicyclic amines) is 1. The fraction of sp³-hybridized carbons (Fsp3) is 0.409. The van der Waals surface area contributed by atoms with E-state index in [1.54, 1.807) is 11.6 Å². The van der Waals surface area contributed by atoms with Gasteiger partial charge < -0.3 is 4.90 Å². The lowest BCUT2D eigenvalue weighted by atomic mass is 10.0. The third-order valence-electron chi connectivity index (χ3n) is 5.79. The predicted octanol–water partition coefficient (Wildman–Crippen LogP) is 2.90. The van der Waals surface area contributed by atoms with Crippen LogP contribution in [-0.2, 0) is 18.3 Å². The number of rotatable bonds is 4. The molecule has 3 heterocycles. The van der Waals surface area contributed by atoms with Gasteiger partial charge in [0.05, 0.1) is 11.4 Å². The summed E-state index contributed by atoms with van der Waals surface area (Å²) in [6, 6.07) is 9.84. The van der Waals surface area contributed by atoms with E-state index >= 15 is 0 Å². The molecule has 28 heavy (non-hydrogen) atoms. The Morgan fingerprint density at radius 1 is 1.11 bits per heavy atom. The fourth-order valence-electron chi connectivity index (χ4n) is 4.27. The summed E-state index contributed by atoms with van der Waals surface area (Å²) in [6.45, 7) is 5.64. The number of fused-ring (bicyclic) bond motifs is 1. The standard InChI is InChI=1S/C22H26N4O2/c1-15-18(11-12-19(27)25-13-7-8-14-25)22(28)24(3)21-20(15)16(2)23-26(21)17-9-5-4-6-10-17/h4-6,9-10H,7-8,11-14H2,1-3H3. The van der Waals surface area contributed by atoms with Gasteiger partial charge in [-0.05, 0) is 50.8 Å². The Bertz CT molecular complexity index is 1090. The zero-order valence-corrected chi connectivity index (χ0v) is 16.7. The van der Waals surface area contributed by atoms with E-state index in [0.29, 0.717) is 12.8 Å². The SMILES string of the molecule is Cc1nn(-c2ccccc2)c2c1c(C)c(CCC(=O)N1CCCC1)c(=O)n2C. The molecular formula is C22H26N4O2. The van der Waals surface area contributed by atoms with Gasteiger partial charge in [0.15, 0.2) is 0 Å². The summed E-state index contributed by atoms with van der Waals surface area (Å²) in [7, 11) is 1.79. The molecule has 0 atom stereocenters. The number of hydrogen-bond donors (Lipinski definition) is 0. The molecule has 6 nitrogen and oxygen atoms in total. The van der Waals surface area contributed by atoms with Crippen molar-refractivity contribution < 1.29 is 4.79 Å². The van der Waals surface area contributed by atoms with Crippen molar-refractivity contribution in [3.63, 3.8) is 0 Å². The zero-order chi connectivity index (χ0) is 19.8. The lowest BCUT2D eigenvalue weighted by Gasteiger charge is -2.16. The minimum absolute atomic E-state index is 0.0451. The first-order valence-corrected chi connectivity index (χ1v) is 9.90. The third kappa shape index (κ3) is 3.03. The Morgan fingerprint density at radius 3 is 2.46 bits per heavy atom. The fourth-order valence-corrected chi connectivity index (χ4v) is 4.27. The molecule has 0 aliphatic carbocycles. The highest BCUT2D eigenvalue weighted by Crippen LogP contribution is 2.26. The van der Waals surface area contributed by atoms with Crippen molar-refractivity contribution >= 4 is 16.9 Å². The van der Waals surface area contributed by atoms with Gasteiger partial charge in [-0.1, -0.05) is 18.2 Å². The average molecular weight is 378 g/mol. The average Bonchev–Trinajstić information content (AvgIpc) is 3.35. The van der Waals surface area contributed by atoms with Crippen LogP contribution in [0.2, 0.25) is 0 Å². The summed E-state index contributed by atoms with van der Waals surface area (Å²) in [6.07, 6.45) is 3.01. The number of aromatic nitrogens is 3. The largest absolute Gasteiger partial charge is 0.343 e. The van der Waals surface area contributed by atoms with Crippen LogP contribution in [-0.4, -0.2) is 38.2 Å². The smallest absolute Gasteiger partial charge is 0.255 e. The molecule has 1 aliphatic rings. The van der Waals surface area contributed by atoms with E-state index in [0.717, 1.165) is 59.5 Å². The summed E-state index contributed by atoms with van der Waals surface area (Å²) in [5.41, 5.74) is 4.22. The van der Waals surface area contributed by atoms with Crippen LogP contribution in [0.25, 0.3) is 16.7 Å². The molecule has 2 aromatic heterocycles. The van der Waals surface area contributed by atoms with Crippen LogP contribution < -0.4 is 5.56 Å². The molecular weight excluding hydrogens is 352 g/mol. The van der Waals surface area contributed by atoms with Gasteiger partial charge in [0.2, 0.25) is 5.91 Å². The van der Waals surface area contributed by atoms with Crippen LogP contribution in [0.15, 0.2) is 35.1 Å². The topological polar surface area (TPSA) is 60.1 Å². The molecule has 1 aliphatic heterocycles. The molecule has 0 spiro atoms. The van der Waals surface area contributed by atoms with Crippen LogP contribution in [0, 0.1) is 13.8 Å². The number of benzene rings is 1. The van der Waals surface area contributed by atoms with Crippen molar-refractivity contribution in [1.29, 1.82) is 0 Å². The van der Waals surface area contributed by atoms with Gasteiger partial charge in [-0.3, -0.25) is 14.2 Å². The molecule has 0 N–H and O–H groups in total. The molecule has 1 amide bonds. The van der Waals surface area contributed by atoms with Gasteiger partial charge in [-0.25, -0.2) is 4.68 Å². The Kier molecular flexibility index (Phi) is 4.79. The van der Waals surface area contributed by atoms with Crippen LogP contribution >= 0.6 is 0 Å². The lowest BCUT2D eigenvalue weighted by molar-refractivity contribution is -0.130. The summed E-state index contributed by atoms with van der Waals surface area (Å²) < 4.78 is 3.50. The monoisotopic (exact) mass is 378 g/mol. The van der Waals surface area contributed by atoms with Crippen LogP contribution in [0.5, 0.6) is 0 Å². The first kappa shape index (κ1) is 18.5. The molecule has 0 radical (unpaired) electrons. The van der Waals surface area contributed by atoms with Gasteiger partial charge in [-0.15, -0.1) is 0 Å². The van der Waals surface area contributed by atoms with E-state index in [9.17, 15) is 9.59 Å². The van der Waals surface area contributed by atoms with Crippen molar-refractivity contribution in [3.05, 3.63) is 57.5 Å². The van der Waals surface area contributed by atoms with E-state index in [1.807, 2.05) is 53.8 Å². The number of para-hydroxylation sites is 1. The Morgan fingerprint density at radius 2 is 1.79 bits per heavy atom. The van der Waals surface area contributed by atoms with Gasteiger partial charge in [0, 0.05) is 37.5 Å². The molecule has 1 aromatic carbocycles. The number of carbonyl (C=O) groups is 1. The maximum absolute atomic E-state index is 13.1. The van der Waals surface area contributed by atoms with Gasteiger partial charge in [-0.2, -0.15) is 5.10 Å². The normalized spacial score (nSPS) is 14.2. The first-order valence-electron chi connectivity index (χ1n) is 9.90. The van der Waals surface area contributed by atoms with Crippen LogP contribution in [0.1, 0.15) is 36.1 Å². The number of aryl methyl sites for hydroxylation is 3. The second kappa shape index (κ2) is 7.26. The minimum atomic E-state index is -0.0451. The highest BCUT2D eigenvalue weighted by atomic mass is 16.2.